The van der Waals surface area contributed by atoms with E-state index < -0.39 is 12.2 Å². The van der Waals surface area contributed by atoms with E-state index in [-0.39, 0.29) is 18.2 Å². The lowest BCUT2D eigenvalue weighted by Gasteiger charge is -2.43. The van der Waals surface area contributed by atoms with Gasteiger partial charge in [-0.3, -0.25) is 4.90 Å². The molecule has 1 saturated heterocycles. The number of alkyl halides is 3. The second-order valence-electron chi connectivity index (χ2n) is 8.91. The lowest BCUT2D eigenvalue weighted by Crippen LogP contribution is -2.59. The van der Waals surface area contributed by atoms with Gasteiger partial charge in [0.2, 0.25) is 0 Å². The zero-order valence-corrected chi connectivity index (χ0v) is 17.5. The maximum Gasteiger partial charge on any atom is 0.405 e. The Morgan fingerprint density at radius 1 is 1.11 bits per heavy atom. The van der Waals surface area contributed by atoms with Crippen LogP contribution in [0.4, 0.5) is 13.2 Å². The van der Waals surface area contributed by atoms with E-state index in [0.717, 1.165) is 25.7 Å². The molecule has 1 heterocycles. The van der Waals surface area contributed by atoms with Crippen LogP contribution in [0.25, 0.3) is 0 Å². The van der Waals surface area contributed by atoms with E-state index >= 15 is 0 Å². The molecule has 2 fully saturated rings. The van der Waals surface area contributed by atoms with Gasteiger partial charge in [-0.25, -0.2) is 0 Å². The van der Waals surface area contributed by atoms with Crippen LogP contribution in [0.2, 0.25) is 0 Å². The molecule has 0 spiro atoms. The van der Waals surface area contributed by atoms with Crippen molar-refractivity contribution >= 4 is 0 Å². The molecule has 1 aliphatic carbocycles. The maximum atomic E-state index is 13.4. The Hall–Kier alpha value is -0.370. The molecule has 0 bridgehead atoms. The standard InChI is InChI=1S/C20H37F3N2O2/c1-6-24-9-10-25(18(14-24)20(21,22)23)8-7-15(2)13-19(3,4)27-17-11-16(12-17)26-5/h15-18H,6-14H2,1-5H3. The van der Waals surface area contributed by atoms with Gasteiger partial charge in [-0.2, -0.15) is 13.2 Å². The molecule has 0 aromatic rings. The number of ether oxygens (including phenoxy) is 2. The van der Waals surface area contributed by atoms with Crippen LogP contribution < -0.4 is 0 Å². The van der Waals surface area contributed by atoms with Crippen molar-refractivity contribution in [1.82, 2.24) is 9.80 Å². The van der Waals surface area contributed by atoms with Gasteiger partial charge in [0.15, 0.2) is 0 Å². The van der Waals surface area contributed by atoms with Gasteiger partial charge in [-0.05, 0) is 58.5 Å². The van der Waals surface area contributed by atoms with Crippen molar-refractivity contribution in [2.45, 2.75) is 83.4 Å². The number of piperazine rings is 1. The average Bonchev–Trinajstić information content (AvgIpc) is 2.54. The van der Waals surface area contributed by atoms with E-state index in [9.17, 15) is 13.2 Å². The Morgan fingerprint density at radius 2 is 1.78 bits per heavy atom. The molecule has 0 amide bonds. The highest BCUT2D eigenvalue weighted by Gasteiger charge is 2.46. The molecule has 27 heavy (non-hydrogen) atoms. The van der Waals surface area contributed by atoms with Crippen LogP contribution in [0.5, 0.6) is 0 Å². The van der Waals surface area contributed by atoms with Crippen molar-refractivity contribution in [3.63, 3.8) is 0 Å². The molecule has 0 aromatic carbocycles. The molecular formula is C20H37F3N2O2. The molecule has 0 radical (unpaired) electrons. The largest absolute Gasteiger partial charge is 0.405 e. The highest BCUT2D eigenvalue weighted by Crippen LogP contribution is 2.33. The Morgan fingerprint density at radius 3 is 2.33 bits per heavy atom. The minimum absolute atomic E-state index is 0.0886. The Labute approximate surface area is 162 Å². The fourth-order valence-electron chi connectivity index (χ4n) is 4.38. The number of hydrogen-bond donors (Lipinski definition) is 0. The van der Waals surface area contributed by atoms with Gasteiger partial charge in [-0.1, -0.05) is 13.8 Å². The van der Waals surface area contributed by atoms with E-state index in [4.69, 9.17) is 9.47 Å². The molecule has 2 rings (SSSR count). The number of likely N-dealkylation sites (N-methyl/N-ethyl adjacent to an activating group) is 1. The van der Waals surface area contributed by atoms with Gasteiger partial charge in [-0.15, -0.1) is 0 Å². The van der Waals surface area contributed by atoms with Gasteiger partial charge >= 0.3 is 6.18 Å². The molecule has 1 saturated carbocycles. The van der Waals surface area contributed by atoms with E-state index in [1.807, 2.05) is 11.8 Å². The monoisotopic (exact) mass is 394 g/mol. The summed E-state index contributed by atoms with van der Waals surface area (Å²) in [5, 5.41) is 0. The van der Waals surface area contributed by atoms with Crippen molar-refractivity contribution in [1.29, 1.82) is 0 Å². The second kappa shape index (κ2) is 9.42. The van der Waals surface area contributed by atoms with Crippen LogP contribution in [-0.2, 0) is 9.47 Å². The number of methoxy groups -OCH3 is 1. The van der Waals surface area contributed by atoms with E-state index in [2.05, 4.69) is 20.8 Å². The third-order valence-electron chi connectivity index (χ3n) is 6.02. The van der Waals surface area contributed by atoms with E-state index in [1.54, 1.807) is 12.0 Å². The van der Waals surface area contributed by atoms with E-state index in [0.29, 0.717) is 38.2 Å². The average molecular weight is 395 g/mol. The molecule has 0 aromatic heterocycles. The predicted molar refractivity (Wildman–Crippen MR) is 101 cm³/mol. The molecule has 4 nitrogen and oxygen atoms in total. The third-order valence-corrected chi connectivity index (χ3v) is 6.02. The van der Waals surface area contributed by atoms with Crippen molar-refractivity contribution in [3.8, 4) is 0 Å². The third kappa shape index (κ3) is 6.87. The highest BCUT2D eigenvalue weighted by molar-refractivity contribution is 4.88. The SMILES string of the molecule is CCN1CCN(CCC(C)CC(C)(C)OC2CC(OC)C2)C(C(F)(F)F)C1. The second-order valence-corrected chi connectivity index (χ2v) is 8.91. The smallest absolute Gasteiger partial charge is 0.381 e. The van der Waals surface area contributed by atoms with Crippen LogP contribution in [-0.4, -0.2) is 79.7 Å². The number of halogens is 3. The molecule has 160 valence electrons. The fraction of sp³-hybridized carbons (Fsp3) is 1.00. The van der Waals surface area contributed by atoms with Crippen LogP contribution in [0, 0.1) is 5.92 Å². The van der Waals surface area contributed by atoms with Crippen LogP contribution >= 0.6 is 0 Å². The first-order valence-electron chi connectivity index (χ1n) is 10.3. The quantitative estimate of drug-likeness (QED) is 0.591. The van der Waals surface area contributed by atoms with Gasteiger partial charge in [0.25, 0.3) is 0 Å². The fourth-order valence-corrected chi connectivity index (χ4v) is 4.38. The molecule has 2 unspecified atom stereocenters. The first-order valence-corrected chi connectivity index (χ1v) is 10.3. The minimum atomic E-state index is -4.17. The maximum absolute atomic E-state index is 13.4. The molecule has 7 heteroatoms. The topological polar surface area (TPSA) is 24.9 Å². The molecule has 1 aliphatic heterocycles. The number of rotatable bonds is 9. The van der Waals surface area contributed by atoms with Gasteiger partial charge < -0.3 is 14.4 Å². The summed E-state index contributed by atoms with van der Waals surface area (Å²) in [4.78, 5) is 3.52. The molecule has 2 atom stereocenters. The summed E-state index contributed by atoms with van der Waals surface area (Å²) in [5.41, 5.74) is -0.257. The lowest BCUT2D eigenvalue weighted by molar-refractivity contribution is -0.197. The zero-order valence-electron chi connectivity index (χ0n) is 17.5. The van der Waals surface area contributed by atoms with Gasteiger partial charge in [0.05, 0.1) is 17.8 Å². The summed E-state index contributed by atoms with van der Waals surface area (Å²) in [6.07, 6.45) is -0.129. The lowest BCUT2D eigenvalue weighted by atomic mass is 9.88. The van der Waals surface area contributed by atoms with Crippen LogP contribution in [0.15, 0.2) is 0 Å². The van der Waals surface area contributed by atoms with Crippen molar-refractivity contribution < 1.29 is 22.6 Å². The number of nitrogens with zero attached hydrogens (tertiary/aromatic N) is 2. The summed E-state index contributed by atoms with van der Waals surface area (Å²) < 4.78 is 51.8. The summed E-state index contributed by atoms with van der Waals surface area (Å²) >= 11 is 0. The summed E-state index contributed by atoms with van der Waals surface area (Å²) in [7, 11) is 1.72. The Kier molecular flexibility index (Phi) is 7.99. The normalized spacial score (nSPS) is 29.6. The highest BCUT2D eigenvalue weighted by atomic mass is 19.4. The van der Waals surface area contributed by atoms with Gasteiger partial charge in [0.1, 0.15) is 6.04 Å². The predicted octanol–water partition coefficient (Wildman–Crippen LogP) is 3.94. The molecule has 2 aliphatic rings. The Bertz CT molecular complexity index is 453. The van der Waals surface area contributed by atoms with Gasteiger partial charge in [0, 0.05) is 26.7 Å². The van der Waals surface area contributed by atoms with Crippen molar-refractivity contribution in [3.05, 3.63) is 0 Å². The zero-order chi connectivity index (χ0) is 20.2. The summed E-state index contributed by atoms with van der Waals surface area (Å²) in [6.45, 7) is 10.7. The van der Waals surface area contributed by atoms with Crippen molar-refractivity contribution in [2.75, 3.05) is 39.8 Å². The summed E-state index contributed by atoms with van der Waals surface area (Å²) in [6, 6.07) is -1.34. The van der Waals surface area contributed by atoms with E-state index in [1.165, 1.54) is 0 Å². The molecule has 0 N–H and O–H groups in total. The van der Waals surface area contributed by atoms with Crippen LogP contribution in [0.3, 0.4) is 0 Å². The van der Waals surface area contributed by atoms with Crippen LogP contribution in [0.1, 0.15) is 53.4 Å². The molecular weight excluding hydrogens is 357 g/mol. The first-order chi connectivity index (χ1) is 12.5. The minimum Gasteiger partial charge on any atom is -0.381 e. The summed E-state index contributed by atoms with van der Waals surface area (Å²) in [5.74, 6) is 0.316. The Balaban J connectivity index is 1.78. The first kappa shape index (κ1) is 22.9. The number of hydrogen-bond acceptors (Lipinski definition) is 4. The van der Waals surface area contributed by atoms with Crippen molar-refractivity contribution in [2.24, 2.45) is 5.92 Å².